The second-order valence-electron chi connectivity index (χ2n) is 5.36. The minimum Gasteiger partial charge on any atom is -0.355 e. The SMILES string of the molecule is CCN1CCCC1CNC(=O)CCc1cccc(F)c1. The van der Waals surface area contributed by atoms with Gasteiger partial charge in [-0.05, 0) is 50.0 Å². The summed E-state index contributed by atoms with van der Waals surface area (Å²) in [4.78, 5) is 14.2. The van der Waals surface area contributed by atoms with E-state index in [1.54, 1.807) is 6.07 Å². The first-order chi connectivity index (χ1) is 9.69. The van der Waals surface area contributed by atoms with Gasteiger partial charge < -0.3 is 5.32 Å². The Hall–Kier alpha value is -1.42. The number of hydrogen-bond donors (Lipinski definition) is 1. The quantitative estimate of drug-likeness (QED) is 0.866. The maximum atomic E-state index is 13.0. The smallest absolute Gasteiger partial charge is 0.220 e. The van der Waals surface area contributed by atoms with Crippen molar-refractivity contribution in [2.24, 2.45) is 0 Å². The average molecular weight is 278 g/mol. The Morgan fingerprint density at radius 2 is 2.35 bits per heavy atom. The summed E-state index contributed by atoms with van der Waals surface area (Å²) < 4.78 is 13.0. The Bertz CT molecular complexity index is 450. The largest absolute Gasteiger partial charge is 0.355 e. The summed E-state index contributed by atoms with van der Waals surface area (Å²) in [5.41, 5.74) is 0.871. The molecule has 3 nitrogen and oxygen atoms in total. The van der Waals surface area contributed by atoms with Crippen LogP contribution in [0, 0.1) is 5.82 Å². The molecule has 0 radical (unpaired) electrons. The zero-order valence-electron chi connectivity index (χ0n) is 12.1. The summed E-state index contributed by atoms with van der Waals surface area (Å²) in [6, 6.07) is 6.93. The molecule has 110 valence electrons. The van der Waals surface area contributed by atoms with E-state index in [-0.39, 0.29) is 11.7 Å². The van der Waals surface area contributed by atoms with E-state index in [1.165, 1.54) is 18.6 Å². The summed E-state index contributed by atoms with van der Waals surface area (Å²) in [6.07, 6.45) is 3.39. The van der Waals surface area contributed by atoms with Crippen LogP contribution in [0.15, 0.2) is 24.3 Å². The first-order valence-electron chi connectivity index (χ1n) is 7.44. The summed E-state index contributed by atoms with van der Waals surface area (Å²) >= 11 is 0. The van der Waals surface area contributed by atoms with Crippen LogP contribution in [-0.4, -0.2) is 36.5 Å². The van der Waals surface area contributed by atoms with E-state index in [9.17, 15) is 9.18 Å². The topological polar surface area (TPSA) is 32.3 Å². The van der Waals surface area contributed by atoms with E-state index in [1.807, 2.05) is 6.07 Å². The molecule has 20 heavy (non-hydrogen) atoms. The molecule has 1 N–H and O–H groups in total. The molecule has 0 aliphatic carbocycles. The molecule has 1 atom stereocenters. The van der Waals surface area contributed by atoms with Crippen molar-refractivity contribution in [3.05, 3.63) is 35.6 Å². The van der Waals surface area contributed by atoms with E-state index >= 15 is 0 Å². The van der Waals surface area contributed by atoms with Crippen LogP contribution < -0.4 is 5.32 Å². The summed E-state index contributed by atoms with van der Waals surface area (Å²) in [6.45, 7) is 5.07. The molecule has 1 aromatic rings. The number of benzene rings is 1. The predicted molar refractivity (Wildman–Crippen MR) is 78.0 cm³/mol. The summed E-state index contributed by atoms with van der Waals surface area (Å²) in [5, 5.41) is 3.00. The van der Waals surface area contributed by atoms with E-state index in [0.29, 0.717) is 18.9 Å². The van der Waals surface area contributed by atoms with Gasteiger partial charge in [-0.3, -0.25) is 9.69 Å². The second-order valence-corrected chi connectivity index (χ2v) is 5.36. The molecule has 2 rings (SSSR count). The third-order valence-electron chi connectivity index (χ3n) is 3.97. The van der Waals surface area contributed by atoms with Crippen molar-refractivity contribution in [1.82, 2.24) is 10.2 Å². The van der Waals surface area contributed by atoms with Gasteiger partial charge in [0.05, 0.1) is 0 Å². The molecule has 0 saturated carbocycles. The highest BCUT2D eigenvalue weighted by atomic mass is 19.1. The van der Waals surface area contributed by atoms with Crippen molar-refractivity contribution in [3.8, 4) is 0 Å². The van der Waals surface area contributed by atoms with Crippen molar-refractivity contribution < 1.29 is 9.18 Å². The minimum absolute atomic E-state index is 0.0530. The summed E-state index contributed by atoms with van der Waals surface area (Å²) in [5.74, 6) is -0.190. The lowest BCUT2D eigenvalue weighted by atomic mass is 10.1. The van der Waals surface area contributed by atoms with Crippen molar-refractivity contribution in [2.75, 3.05) is 19.6 Å². The fourth-order valence-corrected chi connectivity index (χ4v) is 2.81. The predicted octanol–water partition coefficient (Wildman–Crippen LogP) is 2.36. The monoisotopic (exact) mass is 278 g/mol. The highest BCUT2D eigenvalue weighted by Crippen LogP contribution is 2.15. The van der Waals surface area contributed by atoms with Gasteiger partial charge in [0, 0.05) is 19.0 Å². The number of likely N-dealkylation sites (N-methyl/N-ethyl adjacent to an activating group) is 1. The van der Waals surface area contributed by atoms with Crippen LogP contribution in [0.4, 0.5) is 4.39 Å². The molecule has 0 aromatic heterocycles. The van der Waals surface area contributed by atoms with Crippen LogP contribution in [0.3, 0.4) is 0 Å². The summed E-state index contributed by atoms with van der Waals surface area (Å²) in [7, 11) is 0. The number of amides is 1. The number of carbonyl (C=O) groups is 1. The molecule has 0 bridgehead atoms. The highest BCUT2D eigenvalue weighted by molar-refractivity contribution is 5.76. The number of hydrogen-bond acceptors (Lipinski definition) is 2. The average Bonchev–Trinajstić information content (AvgIpc) is 2.90. The van der Waals surface area contributed by atoms with E-state index in [0.717, 1.165) is 31.6 Å². The third-order valence-corrected chi connectivity index (χ3v) is 3.97. The zero-order chi connectivity index (χ0) is 14.4. The van der Waals surface area contributed by atoms with Crippen LogP contribution in [0.1, 0.15) is 31.7 Å². The van der Waals surface area contributed by atoms with Crippen LogP contribution in [0.5, 0.6) is 0 Å². The molecule has 1 amide bonds. The van der Waals surface area contributed by atoms with Crippen LogP contribution >= 0.6 is 0 Å². The number of carbonyl (C=O) groups excluding carboxylic acids is 1. The van der Waals surface area contributed by atoms with Gasteiger partial charge in [-0.15, -0.1) is 0 Å². The Balaban J connectivity index is 1.70. The van der Waals surface area contributed by atoms with Crippen LogP contribution in [0.25, 0.3) is 0 Å². The molecule has 1 heterocycles. The normalized spacial score (nSPS) is 19.2. The first kappa shape index (κ1) is 15.0. The molecule has 4 heteroatoms. The second kappa shape index (κ2) is 7.39. The lowest BCUT2D eigenvalue weighted by Gasteiger charge is -2.22. The first-order valence-corrected chi connectivity index (χ1v) is 7.44. The van der Waals surface area contributed by atoms with Gasteiger partial charge in [0.15, 0.2) is 0 Å². The molecule has 1 aromatic carbocycles. The molecule has 0 spiro atoms. The Morgan fingerprint density at radius 1 is 1.50 bits per heavy atom. The number of nitrogens with zero attached hydrogens (tertiary/aromatic N) is 1. The van der Waals surface area contributed by atoms with Crippen molar-refractivity contribution in [2.45, 2.75) is 38.6 Å². The van der Waals surface area contributed by atoms with E-state index in [2.05, 4.69) is 17.1 Å². The number of aryl methyl sites for hydroxylation is 1. The van der Waals surface area contributed by atoms with E-state index < -0.39 is 0 Å². The Morgan fingerprint density at radius 3 is 3.10 bits per heavy atom. The van der Waals surface area contributed by atoms with Gasteiger partial charge in [0.25, 0.3) is 0 Å². The van der Waals surface area contributed by atoms with Gasteiger partial charge in [-0.2, -0.15) is 0 Å². The van der Waals surface area contributed by atoms with Crippen molar-refractivity contribution >= 4 is 5.91 Å². The van der Waals surface area contributed by atoms with Crippen LogP contribution in [-0.2, 0) is 11.2 Å². The zero-order valence-corrected chi connectivity index (χ0v) is 12.1. The van der Waals surface area contributed by atoms with Crippen molar-refractivity contribution in [1.29, 1.82) is 0 Å². The fourth-order valence-electron chi connectivity index (χ4n) is 2.81. The van der Waals surface area contributed by atoms with Gasteiger partial charge >= 0.3 is 0 Å². The van der Waals surface area contributed by atoms with Gasteiger partial charge in [0.1, 0.15) is 5.82 Å². The lowest BCUT2D eigenvalue weighted by molar-refractivity contribution is -0.121. The Kier molecular flexibility index (Phi) is 5.53. The fraction of sp³-hybridized carbons (Fsp3) is 0.562. The third kappa shape index (κ3) is 4.30. The number of likely N-dealkylation sites (tertiary alicyclic amines) is 1. The molecule has 1 fully saturated rings. The number of halogens is 1. The molecule has 1 aliphatic heterocycles. The van der Waals surface area contributed by atoms with Crippen molar-refractivity contribution in [3.63, 3.8) is 0 Å². The molecule has 1 unspecified atom stereocenters. The van der Waals surface area contributed by atoms with Gasteiger partial charge in [-0.1, -0.05) is 19.1 Å². The maximum Gasteiger partial charge on any atom is 0.220 e. The van der Waals surface area contributed by atoms with E-state index in [4.69, 9.17) is 0 Å². The van der Waals surface area contributed by atoms with Crippen LogP contribution in [0.2, 0.25) is 0 Å². The van der Waals surface area contributed by atoms with Gasteiger partial charge in [-0.25, -0.2) is 4.39 Å². The number of nitrogens with one attached hydrogen (secondary N) is 1. The highest BCUT2D eigenvalue weighted by Gasteiger charge is 2.22. The Labute approximate surface area is 120 Å². The molecule has 1 saturated heterocycles. The van der Waals surface area contributed by atoms with Gasteiger partial charge in [0.2, 0.25) is 5.91 Å². The lowest BCUT2D eigenvalue weighted by Crippen LogP contribution is -2.40. The molecule has 1 aliphatic rings. The maximum absolute atomic E-state index is 13.0. The number of rotatable bonds is 6. The standard InChI is InChI=1S/C16H23FN2O/c1-2-19-10-4-7-15(19)12-18-16(20)9-8-13-5-3-6-14(17)11-13/h3,5-6,11,15H,2,4,7-10,12H2,1H3,(H,18,20). The minimum atomic E-state index is -0.243. The molecular formula is C16H23FN2O. The molecular weight excluding hydrogens is 255 g/mol.